The van der Waals surface area contributed by atoms with Crippen LogP contribution in [-0.2, 0) is 4.74 Å². The van der Waals surface area contributed by atoms with E-state index in [4.69, 9.17) is 5.11 Å². The average Bonchev–Trinajstić information content (AvgIpc) is 2.68. The second kappa shape index (κ2) is 5.24. The average molecular weight is 314 g/mol. The topological polar surface area (TPSA) is 105 Å². The molecule has 11 heteroatoms. The number of halogens is 4. The third kappa shape index (κ3) is 2.26. The van der Waals surface area contributed by atoms with Crippen molar-refractivity contribution in [3.63, 3.8) is 0 Å². The molecule has 118 valence electrons. The van der Waals surface area contributed by atoms with Gasteiger partial charge in [0.25, 0.3) is 12.0 Å². The molecular weight excluding hydrogens is 304 g/mol. The summed E-state index contributed by atoms with van der Waals surface area (Å²) in [6.07, 6.45) is -10.3. The van der Waals surface area contributed by atoms with Gasteiger partial charge in [0.1, 0.15) is 6.10 Å². The molecule has 3 N–H and O–H groups in total. The number of hydrogen-bond acceptors (Lipinski definition) is 5. The molecule has 1 fully saturated rings. The van der Waals surface area contributed by atoms with Crippen LogP contribution in [0.25, 0.3) is 0 Å². The van der Waals surface area contributed by atoms with E-state index >= 15 is 0 Å². The summed E-state index contributed by atoms with van der Waals surface area (Å²) in [6, 6.07) is 0. The van der Waals surface area contributed by atoms with Crippen molar-refractivity contribution in [1.29, 1.82) is 0 Å². The van der Waals surface area contributed by atoms with Crippen LogP contribution in [0.1, 0.15) is 6.23 Å². The Hall–Kier alpha value is -1.72. The predicted molar refractivity (Wildman–Crippen MR) is 58.1 cm³/mol. The summed E-state index contributed by atoms with van der Waals surface area (Å²) in [5, 5.41) is 18.5. The van der Waals surface area contributed by atoms with Crippen molar-refractivity contribution in [3.05, 3.63) is 32.9 Å². The molecule has 2 heterocycles. The molecule has 7 nitrogen and oxygen atoms in total. The molecule has 0 unspecified atom stereocenters. The number of aromatic nitrogens is 2. The second-order valence-electron chi connectivity index (χ2n) is 4.46. The molecule has 1 aromatic heterocycles. The zero-order chi connectivity index (χ0) is 15.9. The minimum absolute atomic E-state index is 0.185. The van der Waals surface area contributed by atoms with Crippen LogP contribution in [0, 0.1) is 5.82 Å². The Kier molecular flexibility index (Phi) is 3.91. The number of nitrogens with one attached hydrogen (secondary N) is 1. The number of rotatable bonds is 3. The highest BCUT2D eigenvalue weighted by Crippen LogP contribution is 2.41. The molecule has 0 aromatic carbocycles. The summed E-state index contributed by atoms with van der Waals surface area (Å²) >= 11 is 0. The van der Waals surface area contributed by atoms with E-state index < -0.39 is 54.2 Å². The minimum Gasteiger partial charge on any atom is -0.393 e. The van der Waals surface area contributed by atoms with Crippen LogP contribution in [0.5, 0.6) is 0 Å². The van der Waals surface area contributed by atoms with Gasteiger partial charge >= 0.3 is 5.69 Å². The van der Waals surface area contributed by atoms with Gasteiger partial charge in [0, 0.05) is 0 Å². The molecule has 0 aliphatic carbocycles. The van der Waals surface area contributed by atoms with Crippen LogP contribution in [0.2, 0.25) is 0 Å². The van der Waals surface area contributed by atoms with Gasteiger partial charge in [-0.3, -0.25) is 14.3 Å². The quantitative estimate of drug-likeness (QED) is 0.614. The Morgan fingerprint density at radius 2 is 2.10 bits per heavy atom. The summed E-state index contributed by atoms with van der Waals surface area (Å²) in [5.41, 5.74) is -5.65. The Labute approximate surface area is 113 Å². The van der Waals surface area contributed by atoms with E-state index in [1.165, 1.54) is 4.98 Å². The number of alkyl halides is 3. The maximum absolute atomic E-state index is 13.9. The first-order valence-electron chi connectivity index (χ1n) is 5.64. The zero-order valence-electron chi connectivity index (χ0n) is 10.2. The van der Waals surface area contributed by atoms with E-state index in [0.717, 1.165) is 0 Å². The maximum atomic E-state index is 13.9. The monoisotopic (exact) mass is 314 g/mol. The number of aliphatic hydroxyl groups is 2. The Bertz CT molecular complexity index is 647. The van der Waals surface area contributed by atoms with Gasteiger partial charge in [0.05, 0.1) is 12.8 Å². The van der Waals surface area contributed by atoms with Crippen molar-refractivity contribution in [3.8, 4) is 0 Å². The fraction of sp³-hybridized carbons (Fsp3) is 0.600. The highest BCUT2D eigenvalue weighted by molar-refractivity contribution is 5.04. The summed E-state index contributed by atoms with van der Waals surface area (Å²) in [5.74, 6) is -1.47. The smallest absolute Gasteiger partial charge is 0.330 e. The number of ether oxygens (including phenoxy) is 1. The molecule has 0 bridgehead atoms. The molecular formula is C10H10F4N2O5. The van der Waals surface area contributed by atoms with Crippen molar-refractivity contribution in [2.75, 3.05) is 6.61 Å². The summed E-state index contributed by atoms with van der Waals surface area (Å²) in [7, 11) is 0. The van der Waals surface area contributed by atoms with Crippen molar-refractivity contribution in [2.24, 2.45) is 0 Å². The lowest BCUT2D eigenvalue weighted by atomic mass is 9.97. The molecule has 1 saturated heterocycles. The number of nitrogens with zero attached hydrogens (tertiary/aromatic N) is 1. The van der Waals surface area contributed by atoms with Gasteiger partial charge in [-0.2, -0.15) is 4.39 Å². The lowest BCUT2D eigenvalue weighted by molar-refractivity contribution is -0.196. The first kappa shape index (κ1) is 15.7. The van der Waals surface area contributed by atoms with E-state index in [0.29, 0.717) is 0 Å². The van der Waals surface area contributed by atoms with Gasteiger partial charge in [-0.05, 0) is 0 Å². The summed E-state index contributed by atoms with van der Waals surface area (Å²) in [4.78, 5) is 23.8. The van der Waals surface area contributed by atoms with Crippen molar-refractivity contribution in [1.82, 2.24) is 9.55 Å². The van der Waals surface area contributed by atoms with E-state index in [-0.39, 0.29) is 10.8 Å². The molecule has 0 amide bonds. The van der Waals surface area contributed by atoms with Gasteiger partial charge in [-0.15, -0.1) is 0 Å². The Morgan fingerprint density at radius 3 is 2.57 bits per heavy atom. The Balaban J connectivity index is 2.50. The molecule has 2 rings (SSSR count). The van der Waals surface area contributed by atoms with Gasteiger partial charge in [-0.25, -0.2) is 18.0 Å². The third-order valence-electron chi connectivity index (χ3n) is 3.23. The predicted octanol–water partition coefficient (Wildman–Crippen LogP) is -1.10. The highest BCUT2D eigenvalue weighted by atomic mass is 19.3. The lowest BCUT2D eigenvalue weighted by Gasteiger charge is -2.28. The molecule has 1 aliphatic rings. The molecule has 1 aliphatic heterocycles. The van der Waals surface area contributed by atoms with Gasteiger partial charge in [0.15, 0.2) is 18.0 Å². The van der Waals surface area contributed by atoms with E-state index in [1.54, 1.807) is 0 Å². The van der Waals surface area contributed by atoms with Gasteiger partial charge in [0.2, 0.25) is 5.82 Å². The second-order valence-corrected chi connectivity index (χ2v) is 4.46. The fourth-order valence-electron chi connectivity index (χ4n) is 2.03. The number of aromatic amines is 1. The normalized spacial score (nSPS) is 32.8. The fourth-order valence-corrected chi connectivity index (χ4v) is 2.03. The van der Waals surface area contributed by atoms with E-state index in [2.05, 4.69) is 4.74 Å². The first-order chi connectivity index (χ1) is 9.74. The minimum atomic E-state index is -3.47. The number of aliphatic hydroxyl groups excluding tert-OH is 2. The summed E-state index contributed by atoms with van der Waals surface area (Å²) < 4.78 is 57.7. The summed E-state index contributed by atoms with van der Waals surface area (Å²) in [6.45, 7) is -1.43. The van der Waals surface area contributed by atoms with E-state index in [1.807, 2.05) is 0 Å². The largest absolute Gasteiger partial charge is 0.393 e. The van der Waals surface area contributed by atoms with E-state index in [9.17, 15) is 32.3 Å². The van der Waals surface area contributed by atoms with Crippen LogP contribution in [0.15, 0.2) is 15.8 Å². The lowest BCUT2D eigenvalue weighted by Crippen LogP contribution is -2.51. The van der Waals surface area contributed by atoms with Crippen LogP contribution < -0.4 is 11.2 Å². The van der Waals surface area contributed by atoms with Gasteiger partial charge in [-0.1, -0.05) is 0 Å². The molecule has 0 saturated carbocycles. The Morgan fingerprint density at radius 1 is 1.48 bits per heavy atom. The van der Waals surface area contributed by atoms with Crippen LogP contribution >= 0.6 is 0 Å². The number of H-pyrrole nitrogens is 1. The van der Waals surface area contributed by atoms with Crippen molar-refractivity contribution >= 4 is 0 Å². The standard InChI is InChI=1S/C10H10F4N2O5/c11-3-1-16(9(20)15-6(3)19)7-4(12)5(18)10(2-17,21-7)8(13)14/h1,4-5,7-8,17-18H,2H2,(H,15,19,20)/t4-,5+,7-,10-/m1/s1. The number of hydrogen-bond donors (Lipinski definition) is 3. The van der Waals surface area contributed by atoms with Crippen molar-refractivity contribution < 1.29 is 32.5 Å². The molecule has 0 spiro atoms. The van der Waals surface area contributed by atoms with Crippen LogP contribution in [-0.4, -0.2) is 50.7 Å². The van der Waals surface area contributed by atoms with Gasteiger partial charge < -0.3 is 14.9 Å². The first-order valence-corrected chi connectivity index (χ1v) is 5.64. The van der Waals surface area contributed by atoms with Crippen LogP contribution in [0.3, 0.4) is 0 Å². The van der Waals surface area contributed by atoms with Crippen LogP contribution in [0.4, 0.5) is 17.6 Å². The molecule has 1 aromatic rings. The molecule has 0 radical (unpaired) electrons. The third-order valence-corrected chi connectivity index (χ3v) is 3.23. The molecule has 21 heavy (non-hydrogen) atoms. The highest BCUT2D eigenvalue weighted by Gasteiger charge is 2.61. The molecule has 4 atom stereocenters. The van der Waals surface area contributed by atoms with Crippen molar-refractivity contribution in [2.45, 2.75) is 30.5 Å². The zero-order valence-corrected chi connectivity index (χ0v) is 10.2. The SMILES string of the molecule is O=c1[nH]c(=O)n([C@@H]2O[C@@](CO)(C(F)F)[C@@H](O)[C@H]2F)cc1F. The maximum Gasteiger partial charge on any atom is 0.330 e.